The minimum Gasteiger partial charge on any atom is -0.313 e. The lowest BCUT2D eigenvalue weighted by molar-refractivity contribution is 0.519. The van der Waals surface area contributed by atoms with E-state index in [1.54, 1.807) is 6.07 Å². The van der Waals surface area contributed by atoms with E-state index in [2.05, 4.69) is 23.4 Å². The first-order chi connectivity index (χ1) is 9.15. The van der Waals surface area contributed by atoms with Gasteiger partial charge in [-0.05, 0) is 25.6 Å². The van der Waals surface area contributed by atoms with E-state index < -0.39 is 0 Å². The van der Waals surface area contributed by atoms with Gasteiger partial charge in [0.1, 0.15) is 5.82 Å². The van der Waals surface area contributed by atoms with Crippen LogP contribution in [-0.2, 0) is 19.9 Å². The van der Waals surface area contributed by atoms with Crippen LogP contribution in [0.5, 0.6) is 0 Å². The Bertz CT molecular complexity index is 548. The Kier molecular flexibility index (Phi) is 4.32. The molecule has 4 heteroatoms. The van der Waals surface area contributed by atoms with Crippen LogP contribution in [0.25, 0.3) is 0 Å². The molecule has 3 nitrogen and oxygen atoms in total. The summed E-state index contributed by atoms with van der Waals surface area (Å²) in [4.78, 5) is 0. The molecule has 0 aliphatic carbocycles. The topological polar surface area (TPSA) is 29.9 Å². The molecule has 0 saturated carbocycles. The normalized spacial score (nSPS) is 12.6. The van der Waals surface area contributed by atoms with Gasteiger partial charge in [0.25, 0.3) is 0 Å². The summed E-state index contributed by atoms with van der Waals surface area (Å²) in [5.41, 5.74) is 2.88. The number of nitrogens with one attached hydrogen (secondary N) is 1. The van der Waals surface area contributed by atoms with E-state index in [1.165, 1.54) is 6.07 Å². The molecule has 0 fully saturated rings. The monoisotopic (exact) mass is 261 g/mol. The highest BCUT2D eigenvalue weighted by atomic mass is 19.1. The maximum absolute atomic E-state index is 13.8. The van der Waals surface area contributed by atoms with Crippen molar-refractivity contribution < 1.29 is 4.39 Å². The highest BCUT2D eigenvalue weighted by Crippen LogP contribution is 2.21. The first kappa shape index (κ1) is 13.7. The number of likely N-dealkylation sites (N-methyl/N-ethyl adjacent to an activating group) is 1. The molecular weight excluding hydrogens is 241 g/mol. The zero-order valence-corrected chi connectivity index (χ0v) is 11.7. The second kappa shape index (κ2) is 5.97. The summed E-state index contributed by atoms with van der Waals surface area (Å²) in [7, 11) is 3.79. The van der Waals surface area contributed by atoms with Crippen LogP contribution in [0.4, 0.5) is 4.39 Å². The predicted octanol–water partition coefficient (Wildman–Crippen LogP) is 2.62. The van der Waals surface area contributed by atoms with Crippen molar-refractivity contribution in [2.45, 2.75) is 25.8 Å². The predicted molar refractivity (Wildman–Crippen MR) is 74.5 cm³/mol. The summed E-state index contributed by atoms with van der Waals surface area (Å²) in [6.07, 6.45) is 1.64. The van der Waals surface area contributed by atoms with Gasteiger partial charge in [0.2, 0.25) is 0 Å². The van der Waals surface area contributed by atoms with Crippen LogP contribution in [-0.4, -0.2) is 16.8 Å². The van der Waals surface area contributed by atoms with Gasteiger partial charge < -0.3 is 5.32 Å². The molecule has 0 amide bonds. The number of halogens is 1. The van der Waals surface area contributed by atoms with Gasteiger partial charge in [0.15, 0.2) is 0 Å². The van der Waals surface area contributed by atoms with Crippen LogP contribution in [0.1, 0.15) is 29.9 Å². The molecule has 19 heavy (non-hydrogen) atoms. The fraction of sp³-hybridized carbons (Fsp3) is 0.400. The Hall–Kier alpha value is -1.68. The molecule has 2 rings (SSSR count). The van der Waals surface area contributed by atoms with Gasteiger partial charge >= 0.3 is 0 Å². The Labute approximate surface area is 113 Å². The maximum Gasteiger partial charge on any atom is 0.127 e. The van der Waals surface area contributed by atoms with E-state index in [4.69, 9.17) is 0 Å². The highest BCUT2D eigenvalue weighted by molar-refractivity contribution is 5.23. The zero-order chi connectivity index (χ0) is 13.8. The second-order valence-electron chi connectivity index (χ2n) is 4.67. The zero-order valence-electron chi connectivity index (χ0n) is 11.7. The summed E-state index contributed by atoms with van der Waals surface area (Å²) < 4.78 is 15.7. The number of aromatic nitrogens is 2. The standard InChI is InChI=1S/C15H20FN3/c1-4-11-9-12(19(3)18-11)10-15(17-2)13-7-5-6-8-14(13)16/h5-9,15,17H,4,10H2,1-3H3. The summed E-state index contributed by atoms with van der Waals surface area (Å²) in [5, 5.41) is 7.61. The summed E-state index contributed by atoms with van der Waals surface area (Å²) in [6, 6.07) is 8.95. The summed E-state index contributed by atoms with van der Waals surface area (Å²) in [6.45, 7) is 2.08. The third-order valence-electron chi connectivity index (χ3n) is 3.43. The van der Waals surface area contributed by atoms with Crippen LogP contribution in [0.2, 0.25) is 0 Å². The molecule has 0 aliphatic heterocycles. The van der Waals surface area contributed by atoms with Crippen LogP contribution in [0, 0.1) is 5.82 Å². The SMILES string of the molecule is CCc1cc(CC(NC)c2ccccc2F)n(C)n1. The van der Waals surface area contributed by atoms with Crippen molar-refractivity contribution in [3.8, 4) is 0 Å². The number of benzene rings is 1. The average Bonchev–Trinajstić information content (AvgIpc) is 2.77. The number of nitrogens with zero attached hydrogens (tertiary/aromatic N) is 2. The Morgan fingerprint density at radius 1 is 1.37 bits per heavy atom. The van der Waals surface area contributed by atoms with Gasteiger partial charge in [0, 0.05) is 30.8 Å². The second-order valence-corrected chi connectivity index (χ2v) is 4.67. The molecule has 0 radical (unpaired) electrons. The molecule has 1 aromatic heterocycles. The third kappa shape index (κ3) is 3.01. The van der Waals surface area contributed by atoms with E-state index in [9.17, 15) is 4.39 Å². The minimum absolute atomic E-state index is 0.0405. The maximum atomic E-state index is 13.8. The number of aryl methyl sites for hydroxylation is 2. The number of hydrogen-bond donors (Lipinski definition) is 1. The summed E-state index contributed by atoms with van der Waals surface area (Å²) in [5.74, 6) is -0.167. The van der Waals surface area contributed by atoms with Gasteiger partial charge in [0.05, 0.1) is 5.69 Å². The first-order valence-electron chi connectivity index (χ1n) is 6.59. The van der Waals surface area contributed by atoms with E-state index in [-0.39, 0.29) is 11.9 Å². The largest absolute Gasteiger partial charge is 0.313 e. The molecule has 1 heterocycles. The Morgan fingerprint density at radius 3 is 2.68 bits per heavy atom. The molecule has 0 bridgehead atoms. The van der Waals surface area contributed by atoms with E-state index >= 15 is 0 Å². The third-order valence-corrected chi connectivity index (χ3v) is 3.43. The van der Waals surface area contributed by atoms with Crippen molar-refractivity contribution in [3.05, 3.63) is 53.1 Å². The van der Waals surface area contributed by atoms with Crippen LogP contribution in [0.3, 0.4) is 0 Å². The van der Waals surface area contributed by atoms with Gasteiger partial charge in [-0.25, -0.2) is 4.39 Å². The Balaban J connectivity index is 2.24. The smallest absolute Gasteiger partial charge is 0.127 e. The quantitative estimate of drug-likeness (QED) is 0.896. The van der Waals surface area contributed by atoms with E-state index in [1.807, 2.05) is 30.9 Å². The van der Waals surface area contributed by atoms with Crippen molar-refractivity contribution in [1.82, 2.24) is 15.1 Å². The van der Waals surface area contributed by atoms with E-state index in [0.29, 0.717) is 5.56 Å². The van der Waals surface area contributed by atoms with Crippen molar-refractivity contribution in [1.29, 1.82) is 0 Å². The Morgan fingerprint density at radius 2 is 2.11 bits per heavy atom. The molecule has 1 N–H and O–H groups in total. The number of hydrogen-bond acceptors (Lipinski definition) is 2. The lowest BCUT2D eigenvalue weighted by atomic mass is 10.0. The molecule has 1 unspecified atom stereocenters. The molecule has 1 aromatic carbocycles. The van der Waals surface area contributed by atoms with Gasteiger partial charge in [-0.1, -0.05) is 25.1 Å². The van der Waals surface area contributed by atoms with Crippen molar-refractivity contribution >= 4 is 0 Å². The molecule has 0 aliphatic rings. The molecule has 1 atom stereocenters. The highest BCUT2D eigenvalue weighted by Gasteiger charge is 2.16. The average molecular weight is 261 g/mol. The first-order valence-corrected chi connectivity index (χ1v) is 6.59. The van der Waals surface area contributed by atoms with Crippen molar-refractivity contribution in [3.63, 3.8) is 0 Å². The van der Waals surface area contributed by atoms with Crippen LogP contribution >= 0.6 is 0 Å². The molecule has 2 aromatic rings. The lowest BCUT2D eigenvalue weighted by Gasteiger charge is -2.17. The van der Waals surface area contributed by atoms with Crippen molar-refractivity contribution in [2.24, 2.45) is 7.05 Å². The van der Waals surface area contributed by atoms with Crippen LogP contribution in [0.15, 0.2) is 30.3 Å². The lowest BCUT2D eigenvalue weighted by Crippen LogP contribution is -2.21. The van der Waals surface area contributed by atoms with Gasteiger partial charge in [-0.2, -0.15) is 5.10 Å². The fourth-order valence-corrected chi connectivity index (χ4v) is 2.27. The van der Waals surface area contributed by atoms with E-state index in [0.717, 1.165) is 24.2 Å². The molecule has 0 spiro atoms. The van der Waals surface area contributed by atoms with Crippen molar-refractivity contribution in [2.75, 3.05) is 7.05 Å². The number of rotatable bonds is 5. The molecule has 102 valence electrons. The summed E-state index contributed by atoms with van der Waals surface area (Å²) >= 11 is 0. The minimum atomic E-state index is -0.167. The van der Waals surface area contributed by atoms with Gasteiger partial charge in [-0.15, -0.1) is 0 Å². The van der Waals surface area contributed by atoms with Crippen LogP contribution < -0.4 is 5.32 Å². The molecule has 0 saturated heterocycles. The fourth-order valence-electron chi connectivity index (χ4n) is 2.27. The molecular formula is C15H20FN3. The van der Waals surface area contributed by atoms with Gasteiger partial charge in [-0.3, -0.25) is 4.68 Å².